The van der Waals surface area contributed by atoms with Gasteiger partial charge in [0.25, 0.3) is 0 Å². The summed E-state index contributed by atoms with van der Waals surface area (Å²) < 4.78 is 13.3. The number of hydrogen-bond acceptors (Lipinski definition) is 1. The van der Waals surface area contributed by atoms with Crippen LogP contribution in [0.15, 0.2) is 36.4 Å². The maximum absolute atomic E-state index is 13.3. The molecule has 0 fully saturated rings. The molecule has 0 atom stereocenters. The van der Waals surface area contributed by atoms with Crippen LogP contribution in [-0.2, 0) is 6.54 Å². The van der Waals surface area contributed by atoms with E-state index in [2.05, 4.69) is 6.07 Å². The van der Waals surface area contributed by atoms with E-state index in [1.54, 1.807) is 12.1 Å². The molecule has 2 rings (SSSR count). The zero-order chi connectivity index (χ0) is 12.4. The highest BCUT2D eigenvalue weighted by Crippen LogP contribution is 2.27. The Morgan fingerprint density at radius 2 is 1.71 bits per heavy atom. The predicted molar refractivity (Wildman–Crippen MR) is 69.2 cm³/mol. The summed E-state index contributed by atoms with van der Waals surface area (Å²) in [7, 11) is 0. The third kappa shape index (κ3) is 2.37. The summed E-state index contributed by atoms with van der Waals surface area (Å²) >= 11 is 0. The Morgan fingerprint density at radius 1 is 0.941 bits per heavy atom. The number of benzene rings is 2. The SMILES string of the molecule is Cc1cc(CN)ccc1-c1cc(F)ccc1C. The topological polar surface area (TPSA) is 26.0 Å². The van der Waals surface area contributed by atoms with E-state index >= 15 is 0 Å². The Balaban J connectivity index is 2.56. The molecule has 0 aromatic heterocycles. The molecule has 0 unspecified atom stereocenters. The van der Waals surface area contributed by atoms with Gasteiger partial charge in [-0.25, -0.2) is 4.39 Å². The van der Waals surface area contributed by atoms with Crippen molar-refractivity contribution in [3.8, 4) is 11.1 Å². The molecule has 0 radical (unpaired) electrons. The van der Waals surface area contributed by atoms with Crippen molar-refractivity contribution in [1.82, 2.24) is 0 Å². The standard InChI is InChI=1S/C15H16FN/c1-10-3-5-13(16)8-15(10)14-6-4-12(9-17)7-11(14)2/h3-8H,9,17H2,1-2H3. The van der Waals surface area contributed by atoms with Gasteiger partial charge < -0.3 is 5.73 Å². The van der Waals surface area contributed by atoms with Crippen LogP contribution in [0, 0.1) is 19.7 Å². The Kier molecular flexibility index (Phi) is 3.25. The molecule has 2 aromatic rings. The number of aryl methyl sites for hydroxylation is 2. The molecule has 0 aliphatic carbocycles. The Bertz CT molecular complexity index is 547. The van der Waals surface area contributed by atoms with E-state index in [9.17, 15) is 4.39 Å². The maximum atomic E-state index is 13.3. The molecule has 17 heavy (non-hydrogen) atoms. The first-order valence-electron chi connectivity index (χ1n) is 5.68. The van der Waals surface area contributed by atoms with Crippen molar-refractivity contribution in [3.63, 3.8) is 0 Å². The van der Waals surface area contributed by atoms with Gasteiger partial charge in [-0.1, -0.05) is 24.3 Å². The van der Waals surface area contributed by atoms with Crippen molar-refractivity contribution in [2.75, 3.05) is 0 Å². The molecule has 2 N–H and O–H groups in total. The summed E-state index contributed by atoms with van der Waals surface area (Å²) in [5.41, 5.74) is 10.9. The lowest BCUT2D eigenvalue weighted by Gasteiger charge is -2.11. The number of hydrogen-bond donors (Lipinski definition) is 1. The Morgan fingerprint density at radius 3 is 2.35 bits per heavy atom. The molecule has 0 bridgehead atoms. The van der Waals surface area contributed by atoms with Crippen LogP contribution in [0.5, 0.6) is 0 Å². The molecule has 2 heteroatoms. The van der Waals surface area contributed by atoms with E-state index in [4.69, 9.17) is 5.73 Å². The summed E-state index contributed by atoms with van der Waals surface area (Å²) in [5.74, 6) is -0.201. The lowest BCUT2D eigenvalue weighted by molar-refractivity contribution is 0.628. The Hall–Kier alpha value is -1.67. The van der Waals surface area contributed by atoms with Gasteiger partial charge >= 0.3 is 0 Å². The monoisotopic (exact) mass is 229 g/mol. The van der Waals surface area contributed by atoms with Gasteiger partial charge in [-0.15, -0.1) is 0 Å². The second kappa shape index (κ2) is 4.68. The minimum atomic E-state index is -0.201. The van der Waals surface area contributed by atoms with Crippen molar-refractivity contribution < 1.29 is 4.39 Å². The zero-order valence-corrected chi connectivity index (χ0v) is 10.1. The second-order valence-corrected chi connectivity index (χ2v) is 4.31. The third-order valence-electron chi connectivity index (χ3n) is 3.02. The maximum Gasteiger partial charge on any atom is 0.123 e. The molecule has 1 nitrogen and oxygen atoms in total. The van der Waals surface area contributed by atoms with E-state index < -0.39 is 0 Å². The molecule has 0 amide bonds. The van der Waals surface area contributed by atoms with Gasteiger partial charge in [0.2, 0.25) is 0 Å². The highest BCUT2D eigenvalue weighted by atomic mass is 19.1. The van der Waals surface area contributed by atoms with Crippen molar-refractivity contribution in [3.05, 3.63) is 58.9 Å². The summed E-state index contributed by atoms with van der Waals surface area (Å²) in [6.45, 7) is 4.55. The van der Waals surface area contributed by atoms with Crippen LogP contribution < -0.4 is 5.73 Å². The fourth-order valence-electron chi connectivity index (χ4n) is 2.04. The van der Waals surface area contributed by atoms with Crippen LogP contribution in [0.2, 0.25) is 0 Å². The largest absolute Gasteiger partial charge is 0.326 e. The summed E-state index contributed by atoms with van der Waals surface area (Å²) in [6.07, 6.45) is 0. The van der Waals surface area contributed by atoms with Gasteiger partial charge in [-0.2, -0.15) is 0 Å². The van der Waals surface area contributed by atoms with Crippen molar-refractivity contribution in [2.45, 2.75) is 20.4 Å². The quantitative estimate of drug-likeness (QED) is 0.837. The molecule has 0 heterocycles. The summed E-state index contributed by atoms with van der Waals surface area (Å²) in [6, 6.07) is 10.9. The van der Waals surface area contributed by atoms with E-state index in [1.807, 2.05) is 26.0 Å². The highest BCUT2D eigenvalue weighted by molar-refractivity contribution is 5.70. The number of rotatable bonds is 2. The van der Waals surface area contributed by atoms with E-state index in [1.165, 1.54) is 6.07 Å². The van der Waals surface area contributed by atoms with Gasteiger partial charge in [0.1, 0.15) is 5.82 Å². The van der Waals surface area contributed by atoms with Gasteiger partial charge in [0, 0.05) is 6.54 Å². The molecule has 0 aliphatic rings. The summed E-state index contributed by atoms with van der Waals surface area (Å²) in [5, 5.41) is 0. The smallest absolute Gasteiger partial charge is 0.123 e. The van der Waals surface area contributed by atoms with E-state index in [0.717, 1.165) is 27.8 Å². The molecule has 88 valence electrons. The predicted octanol–water partition coefficient (Wildman–Crippen LogP) is 3.57. The van der Waals surface area contributed by atoms with Crippen molar-refractivity contribution >= 4 is 0 Å². The lowest BCUT2D eigenvalue weighted by Crippen LogP contribution is -1.97. The molecule has 0 aliphatic heterocycles. The minimum Gasteiger partial charge on any atom is -0.326 e. The van der Waals surface area contributed by atoms with Crippen LogP contribution in [0.1, 0.15) is 16.7 Å². The molecule has 0 spiro atoms. The van der Waals surface area contributed by atoms with E-state index in [0.29, 0.717) is 6.54 Å². The normalized spacial score (nSPS) is 10.6. The number of nitrogens with two attached hydrogens (primary N) is 1. The van der Waals surface area contributed by atoms with Crippen LogP contribution in [0.3, 0.4) is 0 Å². The molecule has 0 saturated heterocycles. The fourth-order valence-corrected chi connectivity index (χ4v) is 2.04. The lowest BCUT2D eigenvalue weighted by atomic mass is 9.95. The van der Waals surface area contributed by atoms with Gasteiger partial charge in [0.15, 0.2) is 0 Å². The Labute approximate surface area is 101 Å². The second-order valence-electron chi connectivity index (χ2n) is 4.31. The van der Waals surface area contributed by atoms with Crippen LogP contribution in [0.25, 0.3) is 11.1 Å². The molecule has 0 saturated carbocycles. The third-order valence-corrected chi connectivity index (χ3v) is 3.02. The van der Waals surface area contributed by atoms with Gasteiger partial charge in [-0.3, -0.25) is 0 Å². The fraction of sp³-hybridized carbons (Fsp3) is 0.200. The average molecular weight is 229 g/mol. The number of halogens is 1. The van der Waals surface area contributed by atoms with Crippen LogP contribution in [-0.4, -0.2) is 0 Å². The molecular formula is C15H16FN. The van der Waals surface area contributed by atoms with Gasteiger partial charge in [0.05, 0.1) is 0 Å². The first kappa shape index (κ1) is 11.8. The molecule has 2 aromatic carbocycles. The summed E-state index contributed by atoms with van der Waals surface area (Å²) in [4.78, 5) is 0. The first-order chi connectivity index (χ1) is 8.11. The average Bonchev–Trinajstić information content (AvgIpc) is 2.32. The van der Waals surface area contributed by atoms with Crippen LogP contribution >= 0.6 is 0 Å². The van der Waals surface area contributed by atoms with Gasteiger partial charge in [-0.05, 0) is 53.8 Å². The highest BCUT2D eigenvalue weighted by Gasteiger charge is 2.06. The van der Waals surface area contributed by atoms with Crippen LogP contribution in [0.4, 0.5) is 4.39 Å². The van der Waals surface area contributed by atoms with Crippen molar-refractivity contribution in [2.24, 2.45) is 5.73 Å². The molecular weight excluding hydrogens is 213 g/mol. The van der Waals surface area contributed by atoms with E-state index in [-0.39, 0.29) is 5.82 Å². The zero-order valence-electron chi connectivity index (χ0n) is 10.1. The minimum absolute atomic E-state index is 0.201. The first-order valence-corrected chi connectivity index (χ1v) is 5.68. The van der Waals surface area contributed by atoms with Crippen molar-refractivity contribution in [1.29, 1.82) is 0 Å².